The maximum absolute atomic E-state index is 13.5. The molecule has 0 heterocycles. The van der Waals surface area contributed by atoms with Gasteiger partial charge in [0.25, 0.3) is 0 Å². The summed E-state index contributed by atoms with van der Waals surface area (Å²) in [5, 5.41) is 5.06. The summed E-state index contributed by atoms with van der Waals surface area (Å²) in [6.45, 7) is 1.79. The number of hydrogen-bond donors (Lipinski definition) is 0. The lowest BCUT2D eigenvalue weighted by molar-refractivity contribution is -0.148. The minimum Gasteiger partial charge on any atom is -0.452 e. The minimum absolute atomic E-state index is 0.366. The third kappa shape index (κ3) is 4.16. The van der Waals surface area contributed by atoms with Gasteiger partial charge < -0.3 is 4.74 Å². The standard InChI is InChI=1S/C30H22Cl2O2/c1-19(22-15-8-18-27(31)28(22)32)30(33)34-29(25-16-6-11-20-9-2-4-13-23(20)25)26-17-7-12-21-10-3-5-14-24(21)26/h2-19,29H,1H3/t19-/m1/s1. The van der Waals surface area contributed by atoms with Crippen molar-refractivity contribution in [3.63, 3.8) is 0 Å². The van der Waals surface area contributed by atoms with Gasteiger partial charge in [0.1, 0.15) is 0 Å². The summed E-state index contributed by atoms with van der Waals surface area (Å²) in [7, 11) is 0. The number of benzene rings is 5. The van der Waals surface area contributed by atoms with Crippen LogP contribution in [0.2, 0.25) is 10.0 Å². The van der Waals surface area contributed by atoms with Crippen molar-refractivity contribution in [1.82, 2.24) is 0 Å². The largest absolute Gasteiger partial charge is 0.452 e. The number of halogens is 2. The molecule has 0 saturated carbocycles. The van der Waals surface area contributed by atoms with E-state index in [1.807, 2.05) is 54.6 Å². The third-order valence-electron chi connectivity index (χ3n) is 6.25. The summed E-state index contributed by atoms with van der Waals surface area (Å²) >= 11 is 12.6. The zero-order valence-electron chi connectivity index (χ0n) is 18.5. The molecule has 5 rings (SSSR count). The van der Waals surface area contributed by atoms with Crippen molar-refractivity contribution in [1.29, 1.82) is 0 Å². The van der Waals surface area contributed by atoms with Gasteiger partial charge in [-0.05, 0) is 40.1 Å². The Labute approximate surface area is 208 Å². The van der Waals surface area contributed by atoms with Crippen LogP contribution in [-0.4, -0.2) is 5.97 Å². The summed E-state index contributed by atoms with van der Waals surface area (Å²) in [5.41, 5.74) is 2.52. The Morgan fingerprint density at radius 3 is 1.71 bits per heavy atom. The van der Waals surface area contributed by atoms with Crippen molar-refractivity contribution < 1.29 is 9.53 Å². The van der Waals surface area contributed by atoms with E-state index < -0.39 is 12.0 Å². The molecule has 4 heteroatoms. The van der Waals surface area contributed by atoms with E-state index in [0.717, 1.165) is 32.7 Å². The topological polar surface area (TPSA) is 26.3 Å². The highest BCUT2D eigenvalue weighted by Crippen LogP contribution is 2.38. The predicted molar refractivity (Wildman–Crippen MR) is 141 cm³/mol. The first-order valence-corrected chi connectivity index (χ1v) is 11.9. The highest BCUT2D eigenvalue weighted by molar-refractivity contribution is 6.42. The molecule has 0 bridgehead atoms. The Bertz CT molecular complexity index is 1420. The summed E-state index contributed by atoms with van der Waals surface area (Å²) in [5.74, 6) is -0.950. The lowest BCUT2D eigenvalue weighted by atomic mass is 9.92. The van der Waals surface area contributed by atoms with Crippen LogP contribution in [0.4, 0.5) is 0 Å². The molecule has 34 heavy (non-hydrogen) atoms. The van der Waals surface area contributed by atoms with Crippen molar-refractivity contribution in [2.24, 2.45) is 0 Å². The molecule has 1 atom stereocenters. The molecular formula is C30H22Cl2O2. The second-order valence-electron chi connectivity index (χ2n) is 8.32. The van der Waals surface area contributed by atoms with Gasteiger partial charge in [-0.15, -0.1) is 0 Å². The first kappa shape index (κ1) is 22.5. The SMILES string of the molecule is C[C@@H](C(=O)OC(c1cccc2ccccc12)c1cccc2ccccc12)c1cccc(Cl)c1Cl. The average molecular weight is 485 g/mol. The maximum Gasteiger partial charge on any atom is 0.314 e. The number of esters is 1. The van der Waals surface area contributed by atoms with Crippen LogP contribution in [0.1, 0.15) is 35.6 Å². The summed E-state index contributed by atoms with van der Waals surface area (Å²) in [4.78, 5) is 13.5. The molecule has 0 radical (unpaired) electrons. The Balaban J connectivity index is 1.64. The number of carbonyl (C=O) groups is 1. The molecule has 2 nitrogen and oxygen atoms in total. The molecule has 5 aromatic rings. The van der Waals surface area contributed by atoms with Crippen LogP contribution in [0.15, 0.2) is 103 Å². The smallest absolute Gasteiger partial charge is 0.314 e. The van der Waals surface area contributed by atoms with Crippen molar-refractivity contribution in [3.05, 3.63) is 130 Å². The lowest BCUT2D eigenvalue weighted by Crippen LogP contribution is -2.18. The van der Waals surface area contributed by atoms with Crippen LogP contribution in [0.5, 0.6) is 0 Å². The Kier molecular flexibility index (Phi) is 6.28. The molecule has 168 valence electrons. The van der Waals surface area contributed by atoms with E-state index in [-0.39, 0.29) is 5.97 Å². The van der Waals surface area contributed by atoms with Crippen LogP contribution in [0.25, 0.3) is 21.5 Å². The van der Waals surface area contributed by atoms with Crippen LogP contribution in [0.3, 0.4) is 0 Å². The second kappa shape index (κ2) is 9.50. The minimum atomic E-state index is -0.592. The highest BCUT2D eigenvalue weighted by atomic mass is 35.5. The molecule has 0 N–H and O–H groups in total. The Morgan fingerprint density at radius 1 is 0.647 bits per heavy atom. The molecule has 5 aromatic carbocycles. The average Bonchev–Trinajstić information content (AvgIpc) is 2.88. The molecule has 0 aliphatic carbocycles. The molecule has 0 saturated heterocycles. The van der Waals surface area contributed by atoms with E-state index in [2.05, 4.69) is 36.4 Å². The van der Waals surface area contributed by atoms with Gasteiger partial charge in [-0.1, -0.05) is 120 Å². The molecular weight excluding hydrogens is 463 g/mol. The third-order valence-corrected chi connectivity index (χ3v) is 7.08. The number of carbonyl (C=O) groups excluding carboxylic acids is 1. The van der Waals surface area contributed by atoms with Crippen molar-refractivity contribution >= 4 is 50.7 Å². The zero-order chi connectivity index (χ0) is 23.7. The van der Waals surface area contributed by atoms with Gasteiger partial charge >= 0.3 is 5.97 Å². The Morgan fingerprint density at radius 2 is 1.12 bits per heavy atom. The number of fused-ring (bicyclic) bond motifs is 2. The molecule has 0 aromatic heterocycles. The summed E-state index contributed by atoms with van der Waals surface area (Å²) in [6, 6.07) is 33.8. The van der Waals surface area contributed by atoms with E-state index in [1.165, 1.54) is 0 Å². The summed E-state index contributed by atoms with van der Waals surface area (Å²) in [6.07, 6.45) is -0.592. The van der Waals surface area contributed by atoms with Gasteiger partial charge in [0, 0.05) is 11.1 Å². The van der Waals surface area contributed by atoms with Crippen molar-refractivity contribution in [3.8, 4) is 0 Å². The van der Waals surface area contributed by atoms with E-state index in [1.54, 1.807) is 19.1 Å². The van der Waals surface area contributed by atoms with Gasteiger partial charge in [0.15, 0.2) is 6.10 Å². The van der Waals surface area contributed by atoms with Gasteiger partial charge in [-0.2, -0.15) is 0 Å². The molecule has 0 aliphatic heterocycles. The van der Waals surface area contributed by atoms with E-state index in [9.17, 15) is 4.79 Å². The molecule has 0 unspecified atom stereocenters. The number of ether oxygens (including phenoxy) is 1. The first-order valence-electron chi connectivity index (χ1n) is 11.1. The molecule has 0 fully saturated rings. The highest BCUT2D eigenvalue weighted by Gasteiger charge is 2.27. The summed E-state index contributed by atoms with van der Waals surface area (Å²) < 4.78 is 6.31. The van der Waals surface area contributed by atoms with Crippen molar-refractivity contribution in [2.75, 3.05) is 0 Å². The Hall–Kier alpha value is -3.33. The van der Waals surface area contributed by atoms with E-state index >= 15 is 0 Å². The first-order chi connectivity index (χ1) is 16.5. The van der Waals surface area contributed by atoms with E-state index in [0.29, 0.717) is 15.6 Å². The number of hydrogen-bond acceptors (Lipinski definition) is 2. The maximum atomic E-state index is 13.5. The molecule has 0 spiro atoms. The normalized spacial score (nSPS) is 12.2. The fraction of sp³-hybridized carbons (Fsp3) is 0.100. The number of rotatable bonds is 5. The lowest BCUT2D eigenvalue weighted by Gasteiger charge is -2.24. The quantitative estimate of drug-likeness (QED) is 0.233. The van der Waals surface area contributed by atoms with Gasteiger partial charge in [-0.3, -0.25) is 4.79 Å². The second-order valence-corrected chi connectivity index (χ2v) is 9.10. The molecule has 0 aliphatic rings. The predicted octanol–water partition coefficient (Wildman–Crippen LogP) is 8.74. The van der Waals surface area contributed by atoms with E-state index in [4.69, 9.17) is 27.9 Å². The van der Waals surface area contributed by atoms with Crippen LogP contribution < -0.4 is 0 Å². The zero-order valence-corrected chi connectivity index (χ0v) is 20.1. The fourth-order valence-electron chi connectivity index (χ4n) is 4.45. The van der Waals surface area contributed by atoms with Crippen molar-refractivity contribution in [2.45, 2.75) is 18.9 Å². The van der Waals surface area contributed by atoms with Crippen LogP contribution in [-0.2, 0) is 9.53 Å². The van der Waals surface area contributed by atoms with Gasteiger partial charge in [0.05, 0.1) is 16.0 Å². The van der Waals surface area contributed by atoms with Crippen LogP contribution >= 0.6 is 23.2 Å². The monoisotopic (exact) mass is 484 g/mol. The molecule has 0 amide bonds. The van der Waals surface area contributed by atoms with Crippen LogP contribution in [0, 0.1) is 0 Å². The van der Waals surface area contributed by atoms with Gasteiger partial charge in [-0.25, -0.2) is 0 Å². The van der Waals surface area contributed by atoms with Gasteiger partial charge in [0.2, 0.25) is 0 Å². The fourth-order valence-corrected chi connectivity index (χ4v) is 4.92.